The number of carbonyl (C=O) groups excluding carboxylic acids is 1. The second-order valence-corrected chi connectivity index (χ2v) is 9.69. The fourth-order valence-electron chi connectivity index (χ4n) is 3.12. The van der Waals surface area contributed by atoms with E-state index < -0.39 is 11.2 Å². The Bertz CT molecular complexity index is 660. The summed E-state index contributed by atoms with van der Waals surface area (Å²) in [6, 6.07) is 3.87. The van der Waals surface area contributed by atoms with Crippen molar-refractivity contribution in [3.63, 3.8) is 0 Å². The minimum absolute atomic E-state index is 0.227. The number of nitrogens with zero attached hydrogens (tertiary/aromatic N) is 2. The molecule has 164 valence electrons. The summed E-state index contributed by atoms with van der Waals surface area (Å²) >= 11 is 1.53. The molecule has 1 amide bonds. The summed E-state index contributed by atoms with van der Waals surface area (Å²) in [5.74, 6) is 1.18. The summed E-state index contributed by atoms with van der Waals surface area (Å²) in [5.41, 5.74) is -1.44. The highest BCUT2D eigenvalue weighted by Gasteiger charge is 2.27. The van der Waals surface area contributed by atoms with Crippen molar-refractivity contribution in [1.82, 2.24) is 15.5 Å². The molecular formula is C21H36N4O3S. The number of likely N-dealkylation sites (tertiary alicyclic amines) is 1. The van der Waals surface area contributed by atoms with Gasteiger partial charge in [-0.1, -0.05) is 6.07 Å². The van der Waals surface area contributed by atoms with Crippen molar-refractivity contribution in [3.8, 4) is 0 Å². The molecule has 1 aromatic heterocycles. The van der Waals surface area contributed by atoms with Gasteiger partial charge < -0.3 is 25.4 Å². The van der Waals surface area contributed by atoms with E-state index in [0.29, 0.717) is 31.5 Å². The van der Waals surface area contributed by atoms with E-state index in [1.54, 1.807) is 11.8 Å². The number of hydrogen-bond donors (Lipinski definition) is 3. The van der Waals surface area contributed by atoms with Crippen LogP contribution in [0.4, 0.5) is 4.79 Å². The Balaban J connectivity index is 1.81. The molecule has 2 heterocycles. The molecule has 0 bridgehead atoms. The van der Waals surface area contributed by atoms with Gasteiger partial charge in [0, 0.05) is 31.1 Å². The summed E-state index contributed by atoms with van der Waals surface area (Å²) in [5, 5.41) is 19.3. The van der Waals surface area contributed by atoms with Crippen LogP contribution in [-0.2, 0) is 10.3 Å². The Kier molecular flexibility index (Phi) is 8.34. The molecule has 1 atom stereocenters. The first-order valence-electron chi connectivity index (χ1n) is 10.4. The third kappa shape index (κ3) is 7.85. The van der Waals surface area contributed by atoms with Crippen LogP contribution in [-0.4, -0.2) is 60.4 Å². The number of aliphatic hydroxyl groups is 1. The van der Waals surface area contributed by atoms with Crippen LogP contribution in [0.25, 0.3) is 0 Å². The first kappa shape index (κ1) is 23.5. The number of hydrogen-bond acceptors (Lipinski definition) is 5. The smallest absolute Gasteiger partial charge is 0.410 e. The third-order valence-corrected chi connectivity index (χ3v) is 5.89. The molecule has 1 fully saturated rings. The van der Waals surface area contributed by atoms with Crippen molar-refractivity contribution in [2.24, 2.45) is 10.9 Å². The standard InChI is InChI=1S/C21H36N4O3S/c1-6-22-18(24-15-21(5,27)17-8-7-13-29-17)23-14-16-9-11-25(12-10-16)19(26)28-20(2,3)4/h7-8,13,16,27H,6,9-12,14-15H2,1-5H3,(H2,22,23,24). The van der Waals surface area contributed by atoms with Gasteiger partial charge in [-0.3, -0.25) is 0 Å². The predicted molar refractivity (Wildman–Crippen MR) is 118 cm³/mol. The zero-order valence-electron chi connectivity index (χ0n) is 18.3. The van der Waals surface area contributed by atoms with E-state index in [-0.39, 0.29) is 6.09 Å². The van der Waals surface area contributed by atoms with E-state index >= 15 is 0 Å². The van der Waals surface area contributed by atoms with Crippen LogP contribution in [0.1, 0.15) is 52.3 Å². The number of nitrogens with one attached hydrogen (secondary N) is 2. The third-order valence-electron chi connectivity index (χ3n) is 4.77. The van der Waals surface area contributed by atoms with Gasteiger partial charge in [-0.05, 0) is 64.8 Å². The van der Waals surface area contributed by atoms with E-state index in [2.05, 4.69) is 15.6 Å². The molecule has 1 aromatic rings. The second-order valence-electron chi connectivity index (χ2n) is 8.74. The Morgan fingerprint density at radius 1 is 1.31 bits per heavy atom. The molecule has 3 N–H and O–H groups in total. The Morgan fingerprint density at radius 2 is 2.00 bits per heavy atom. The molecular weight excluding hydrogens is 388 g/mol. The highest BCUT2D eigenvalue weighted by Crippen LogP contribution is 2.25. The molecule has 8 heteroatoms. The van der Waals surface area contributed by atoms with Crippen molar-refractivity contribution >= 4 is 23.4 Å². The second kappa shape index (κ2) is 10.3. The highest BCUT2D eigenvalue weighted by molar-refractivity contribution is 7.10. The zero-order chi connectivity index (χ0) is 21.5. The van der Waals surface area contributed by atoms with Gasteiger partial charge in [-0.25, -0.2) is 9.79 Å². The molecule has 0 spiro atoms. The van der Waals surface area contributed by atoms with Crippen LogP contribution in [0, 0.1) is 5.92 Å². The fraction of sp³-hybridized carbons (Fsp3) is 0.714. The average molecular weight is 425 g/mol. The Morgan fingerprint density at radius 3 is 2.55 bits per heavy atom. The van der Waals surface area contributed by atoms with Crippen molar-refractivity contribution in [1.29, 1.82) is 0 Å². The molecule has 2 rings (SSSR count). The Labute approximate surface area is 178 Å². The molecule has 1 saturated heterocycles. The maximum Gasteiger partial charge on any atom is 0.410 e. The lowest BCUT2D eigenvalue weighted by Crippen LogP contribution is -2.45. The number of rotatable bonds is 6. The lowest BCUT2D eigenvalue weighted by molar-refractivity contribution is 0.0185. The van der Waals surface area contributed by atoms with Crippen molar-refractivity contribution in [3.05, 3.63) is 22.4 Å². The Hall–Kier alpha value is -1.80. The lowest BCUT2D eigenvalue weighted by atomic mass is 9.97. The summed E-state index contributed by atoms with van der Waals surface area (Å²) < 4.78 is 5.46. The largest absolute Gasteiger partial charge is 0.444 e. The maximum absolute atomic E-state index is 12.2. The van der Waals surface area contributed by atoms with Crippen LogP contribution in [0.5, 0.6) is 0 Å². The molecule has 1 unspecified atom stereocenters. The van der Waals surface area contributed by atoms with Gasteiger partial charge >= 0.3 is 6.09 Å². The number of ether oxygens (including phenoxy) is 1. The molecule has 0 aromatic carbocycles. The zero-order valence-corrected chi connectivity index (χ0v) is 19.1. The summed E-state index contributed by atoms with van der Waals surface area (Å²) in [7, 11) is 0. The SMILES string of the molecule is CCNC(=NCC(C)(O)c1cccs1)NCC1CCN(C(=O)OC(C)(C)C)CC1. The lowest BCUT2D eigenvalue weighted by Gasteiger charge is -2.33. The molecule has 0 aliphatic carbocycles. The molecule has 1 aliphatic heterocycles. The molecule has 1 aliphatic rings. The van der Waals surface area contributed by atoms with Crippen molar-refractivity contribution in [2.45, 2.75) is 58.7 Å². The van der Waals surface area contributed by atoms with Crippen LogP contribution in [0.3, 0.4) is 0 Å². The average Bonchev–Trinajstić information content (AvgIpc) is 3.19. The first-order chi connectivity index (χ1) is 13.6. The van der Waals surface area contributed by atoms with E-state index in [4.69, 9.17) is 4.74 Å². The quantitative estimate of drug-likeness (QED) is 0.482. The van der Waals surface area contributed by atoms with Gasteiger partial charge in [-0.15, -0.1) is 11.3 Å². The van der Waals surface area contributed by atoms with E-state index in [1.807, 2.05) is 45.2 Å². The summed E-state index contributed by atoms with van der Waals surface area (Å²) in [6.45, 7) is 12.7. The maximum atomic E-state index is 12.2. The highest BCUT2D eigenvalue weighted by atomic mass is 32.1. The molecule has 29 heavy (non-hydrogen) atoms. The topological polar surface area (TPSA) is 86.2 Å². The van der Waals surface area contributed by atoms with Gasteiger partial charge in [0.05, 0.1) is 6.54 Å². The van der Waals surface area contributed by atoms with Crippen LogP contribution >= 0.6 is 11.3 Å². The predicted octanol–water partition coefficient (Wildman–Crippen LogP) is 3.16. The van der Waals surface area contributed by atoms with E-state index in [9.17, 15) is 9.90 Å². The minimum atomic E-state index is -0.977. The van der Waals surface area contributed by atoms with Crippen LogP contribution in [0.15, 0.2) is 22.5 Å². The molecule has 0 radical (unpaired) electrons. The summed E-state index contributed by atoms with van der Waals surface area (Å²) in [6.07, 6.45) is 1.63. The van der Waals surface area contributed by atoms with Crippen molar-refractivity contribution < 1.29 is 14.6 Å². The van der Waals surface area contributed by atoms with Crippen LogP contribution < -0.4 is 10.6 Å². The van der Waals surface area contributed by atoms with E-state index in [1.165, 1.54) is 11.3 Å². The van der Waals surface area contributed by atoms with Gasteiger partial charge in [-0.2, -0.15) is 0 Å². The van der Waals surface area contributed by atoms with E-state index in [0.717, 1.165) is 30.8 Å². The normalized spacial score (nSPS) is 18.3. The summed E-state index contributed by atoms with van der Waals surface area (Å²) in [4.78, 5) is 19.5. The van der Waals surface area contributed by atoms with Gasteiger partial charge in [0.15, 0.2) is 5.96 Å². The molecule has 0 saturated carbocycles. The van der Waals surface area contributed by atoms with Crippen LogP contribution in [0.2, 0.25) is 0 Å². The fourth-order valence-corrected chi connectivity index (χ4v) is 3.90. The van der Waals surface area contributed by atoms with Gasteiger partial charge in [0.2, 0.25) is 0 Å². The monoisotopic (exact) mass is 424 g/mol. The van der Waals surface area contributed by atoms with Gasteiger partial charge in [0.25, 0.3) is 0 Å². The number of guanidine groups is 1. The number of piperidine rings is 1. The number of amides is 1. The number of thiophene rings is 1. The van der Waals surface area contributed by atoms with Gasteiger partial charge in [0.1, 0.15) is 11.2 Å². The minimum Gasteiger partial charge on any atom is -0.444 e. The number of carbonyl (C=O) groups is 1. The van der Waals surface area contributed by atoms with Crippen molar-refractivity contribution in [2.75, 3.05) is 32.7 Å². The number of aliphatic imine (C=N–C) groups is 1. The first-order valence-corrected chi connectivity index (χ1v) is 11.2. The molecule has 7 nitrogen and oxygen atoms in total.